The fourth-order valence-electron chi connectivity index (χ4n) is 4.00. The first-order valence-electron chi connectivity index (χ1n) is 10.4. The molecule has 28 heavy (non-hydrogen) atoms. The largest absolute Gasteiger partial charge is 0.355 e. The molecule has 7 heteroatoms. The van der Waals surface area contributed by atoms with Gasteiger partial charge < -0.3 is 15.5 Å². The predicted octanol–water partition coefficient (Wildman–Crippen LogP) is 1.83. The van der Waals surface area contributed by atoms with Crippen molar-refractivity contribution in [3.05, 3.63) is 35.6 Å². The molecule has 1 heterocycles. The Balaban J connectivity index is 1.33. The van der Waals surface area contributed by atoms with E-state index < -0.39 is 0 Å². The van der Waals surface area contributed by atoms with Crippen molar-refractivity contribution in [2.75, 3.05) is 46.3 Å². The number of halogens is 1. The summed E-state index contributed by atoms with van der Waals surface area (Å²) in [4.78, 5) is 21.1. The Morgan fingerprint density at radius 3 is 2.54 bits per heavy atom. The molecule has 0 bridgehead atoms. The molecule has 6 nitrogen and oxygen atoms in total. The lowest BCUT2D eigenvalue weighted by Gasteiger charge is -2.36. The average molecular weight is 390 g/mol. The standard InChI is InChI=1S/C21H32FN5O/c1-23-21(25-16-18-8-4-5-9-19(18)22)24-10-11-26-12-14-27(15-13-26)20(28)17-6-2-3-7-17/h4-5,8-9,17H,2-3,6-7,10-16H2,1H3,(H2,23,24,25). The smallest absolute Gasteiger partial charge is 0.225 e. The van der Waals surface area contributed by atoms with Crippen LogP contribution in [0.4, 0.5) is 4.39 Å². The lowest BCUT2D eigenvalue weighted by atomic mass is 10.1. The van der Waals surface area contributed by atoms with E-state index >= 15 is 0 Å². The minimum absolute atomic E-state index is 0.213. The number of piperazine rings is 1. The van der Waals surface area contributed by atoms with Crippen LogP contribution in [-0.4, -0.2) is 68.0 Å². The van der Waals surface area contributed by atoms with Crippen molar-refractivity contribution < 1.29 is 9.18 Å². The fourth-order valence-corrected chi connectivity index (χ4v) is 4.00. The summed E-state index contributed by atoms with van der Waals surface area (Å²) in [6, 6.07) is 6.74. The summed E-state index contributed by atoms with van der Waals surface area (Å²) in [6.07, 6.45) is 4.55. The van der Waals surface area contributed by atoms with Crippen molar-refractivity contribution in [3.63, 3.8) is 0 Å². The van der Waals surface area contributed by atoms with E-state index in [-0.39, 0.29) is 11.7 Å². The number of nitrogens with zero attached hydrogens (tertiary/aromatic N) is 3. The molecule has 2 fully saturated rings. The van der Waals surface area contributed by atoms with Crippen molar-refractivity contribution in [3.8, 4) is 0 Å². The number of carbonyl (C=O) groups excluding carboxylic acids is 1. The maximum absolute atomic E-state index is 13.7. The Bertz CT molecular complexity index is 667. The number of amides is 1. The maximum Gasteiger partial charge on any atom is 0.225 e. The van der Waals surface area contributed by atoms with Gasteiger partial charge in [0.1, 0.15) is 5.82 Å². The summed E-state index contributed by atoms with van der Waals surface area (Å²) < 4.78 is 13.7. The van der Waals surface area contributed by atoms with Crippen molar-refractivity contribution in [1.82, 2.24) is 20.4 Å². The third kappa shape index (κ3) is 5.67. The highest BCUT2D eigenvalue weighted by Gasteiger charge is 2.29. The summed E-state index contributed by atoms with van der Waals surface area (Å²) >= 11 is 0. The van der Waals surface area contributed by atoms with Crippen LogP contribution in [0, 0.1) is 11.7 Å². The highest BCUT2D eigenvalue weighted by molar-refractivity contribution is 5.79. The van der Waals surface area contributed by atoms with E-state index in [4.69, 9.17) is 0 Å². The van der Waals surface area contributed by atoms with Gasteiger partial charge in [-0.25, -0.2) is 4.39 Å². The maximum atomic E-state index is 13.7. The van der Waals surface area contributed by atoms with Gasteiger partial charge in [0.25, 0.3) is 0 Å². The van der Waals surface area contributed by atoms with Gasteiger partial charge in [-0.3, -0.25) is 14.7 Å². The monoisotopic (exact) mass is 389 g/mol. The van der Waals surface area contributed by atoms with Gasteiger partial charge in [0.15, 0.2) is 5.96 Å². The summed E-state index contributed by atoms with van der Waals surface area (Å²) in [5.74, 6) is 1.10. The fraction of sp³-hybridized carbons (Fsp3) is 0.619. The van der Waals surface area contributed by atoms with Gasteiger partial charge in [-0.2, -0.15) is 0 Å². The normalized spacial score (nSPS) is 19.1. The molecule has 1 saturated carbocycles. The topological polar surface area (TPSA) is 60.0 Å². The second-order valence-electron chi connectivity index (χ2n) is 7.59. The van der Waals surface area contributed by atoms with Gasteiger partial charge in [-0.1, -0.05) is 31.0 Å². The Kier molecular flexibility index (Phi) is 7.65. The molecule has 0 aromatic heterocycles. The zero-order valence-corrected chi connectivity index (χ0v) is 16.8. The van der Waals surface area contributed by atoms with E-state index in [1.165, 1.54) is 18.9 Å². The van der Waals surface area contributed by atoms with E-state index in [1.54, 1.807) is 19.2 Å². The summed E-state index contributed by atoms with van der Waals surface area (Å²) in [7, 11) is 1.71. The molecule has 1 aliphatic carbocycles. The molecule has 1 aliphatic heterocycles. The highest BCUT2D eigenvalue weighted by atomic mass is 19.1. The van der Waals surface area contributed by atoms with Crippen LogP contribution in [0.3, 0.4) is 0 Å². The number of nitrogens with one attached hydrogen (secondary N) is 2. The zero-order valence-electron chi connectivity index (χ0n) is 16.8. The van der Waals surface area contributed by atoms with E-state index in [1.807, 2.05) is 6.07 Å². The summed E-state index contributed by atoms with van der Waals surface area (Å²) in [5.41, 5.74) is 0.619. The lowest BCUT2D eigenvalue weighted by Crippen LogP contribution is -2.51. The Hall–Kier alpha value is -2.15. The molecular formula is C21H32FN5O. The van der Waals surface area contributed by atoms with E-state index in [9.17, 15) is 9.18 Å². The van der Waals surface area contributed by atoms with Gasteiger partial charge in [0.05, 0.1) is 0 Å². The number of aliphatic imine (C=N–C) groups is 1. The van der Waals surface area contributed by atoms with Gasteiger partial charge >= 0.3 is 0 Å². The number of rotatable bonds is 6. The molecule has 2 N–H and O–H groups in total. The number of carbonyl (C=O) groups is 1. The first-order valence-corrected chi connectivity index (χ1v) is 10.4. The van der Waals surface area contributed by atoms with Crippen LogP contribution in [-0.2, 0) is 11.3 Å². The minimum Gasteiger partial charge on any atom is -0.355 e. The van der Waals surface area contributed by atoms with Crippen molar-refractivity contribution in [2.45, 2.75) is 32.2 Å². The molecule has 0 atom stereocenters. The number of guanidine groups is 1. The van der Waals surface area contributed by atoms with Crippen LogP contribution < -0.4 is 10.6 Å². The zero-order chi connectivity index (χ0) is 19.8. The number of hydrogen-bond donors (Lipinski definition) is 2. The average Bonchev–Trinajstić information content (AvgIpc) is 3.26. The van der Waals surface area contributed by atoms with Crippen molar-refractivity contribution >= 4 is 11.9 Å². The van der Waals surface area contributed by atoms with Crippen LogP contribution in [0.2, 0.25) is 0 Å². The first kappa shape index (κ1) is 20.6. The highest BCUT2D eigenvalue weighted by Crippen LogP contribution is 2.26. The molecule has 1 amide bonds. The molecule has 0 radical (unpaired) electrons. The van der Waals surface area contributed by atoms with Crippen molar-refractivity contribution in [2.24, 2.45) is 10.9 Å². The lowest BCUT2D eigenvalue weighted by molar-refractivity contribution is -0.137. The number of hydrogen-bond acceptors (Lipinski definition) is 3. The van der Waals surface area contributed by atoms with Crippen LogP contribution in [0.1, 0.15) is 31.2 Å². The van der Waals surface area contributed by atoms with E-state index in [0.717, 1.165) is 52.1 Å². The van der Waals surface area contributed by atoms with Gasteiger partial charge in [0.2, 0.25) is 5.91 Å². The molecule has 0 unspecified atom stereocenters. The minimum atomic E-state index is -0.213. The molecule has 1 aromatic rings. The Morgan fingerprint density at radius 2 is 1.86 bits per heavy atom. The molecular weight excluding hydrogens is 357 g/mol. The molecule has 1 aromatic carbocycles. The van der Waals surface area contributed by atoms with Crippen LogP contribution in [0.15, 0.2) is 29.3 Å². The molecule has 0 spiro atoms. The quantitative estimate of drug-likeness (QED) is 0.576. The Labute approximate surface area is 167 Å². The molecule has 2 aliphatic rings. The van der Waals surface area contributed by atoms with Crippen LogP contribution >= 0.6 is 0 Å². The first-order chi connectivity index (χ1) is 13.7. The van der Waals surface area contributed by atoms with Crippen LogP contribution in [0.5, 0.6) is 0 Å². The van der Waals surface area contributed by atoms with Crippen LogP contribution in [0.25, 0.3) is 0 Å². The van der Waals surface area contributed by atoms with E-state index in [0.29, 0.717) is 24.0 Å². The second-order valence-corrected chi connectivity index (χ2v) is 7.59. The summed E-state index contributed by atoms with van der Waals surface area (Å²) in [5, 5.41) is 6.42. The SMILES string of the molecule is CN=C(NCCN1CCN(C(=O)C2CCCC2)CC1)NCc1ccccc1F. The third-order valence-corrected chi connectivity index (χ3v) is 5.74. The predicted molar refractivity (Wildman–Crippen MR) is 110 cm³/mol. The molecule has 1 saturated heterocycles. The number of benzene rings is 1. The third-order valence-electron chi connectivity index (χ3n) is 5.74. The second kappa shape index (κ2) is 10.4. The summed E-state index contributed by atoms with van der Waals surface area (Å²) in [6.45, 7) is 5.54. The molecule has 3 rings (SSSR count). The van der Waals surface area contributed by atoms with E-state index in [2.05, 4.69) is 25.4 Å². The Morgan fingerprint density at radius 1 is 1.14 bits per heavy atom. The van der Waals surface area contributed by atoms with Crippen molar-refractivity contribution in [1.29, 1.82) is 0 Å². The van der Waals surface area contributed by atoms with Gasteiger partial charge in [-0.15, -0.1) is 0 Å². The van der Waals surface area contributed by atoms with Gasteiger partial charge in [-0.05, 0) is 18.9 Å². The van der Waals surface area contributed by atoms with Gasteiger partial charge in [0, 0.05) is 64.3 Å². The molecule has 154 valence electrons.